The predicted octanol–water partition coefficient (Wildman–Crippen LogP) is 4.01. The molecule has 144 valence electrons. The lowest BCUT2D eigenvalue weighted by atomic mass is 10.1. The first-order chi connectivity index (χ1) is 13.6. The molecule has 28 heavy (non-hydrogen) atoms. The van der Waals surface area contributed by atoms with Crippen LogP contribution in [-0.2, 0) is 17.8 Å². The van der Waals surface area contributed by atoms with E-state index >= 15 is 0 Å². The predicted molar refractivity (Wildman–Crippen MR) is 108 cm³/mol. The van der Waals surface area contributed by atoms with Gasteiger partial charge in [-0.15, -0.1) is 0 Å². The molecular formula is C21H19BrN2O4. The first-order valence-corrected chi connectivity index (χ1v) is 9.49. The van der Waals surface area contributed by atoms with Gasteiger partial charge < -0.3 is 9.15 Å². The average Bonchev–Trinajstić information content (AvgIpc) is 3.19. The summed E-state index contributed by atoms with van der Waals surface area (Å²) in [6.45, 7) is 0.205. The van der Waals surface area contributed by atoms with E-state index in [0.29, 0.717) is 17.9 Å². The third-order valence-corrected chi connectivity index (χ3v) is 4.35. The number of carbonyl (C=O) groups is 2. The van der Waals surface area contributed by atoms with E-state index in [1.54, 1.807) is 6.07 Å². The molecule has 0 spiro atoms. The quantitative estimate of drug-likeness (QED) is 0.541. The standard InChI is InChI=1S/C21H19BrN2O4/c22-16-6-4-5-15(13-16)9-12-20(25)23-24-21(26)19-11-10-18(28-19)14-27-17-7-2-1-3-8-17/h1-8,10-11,13H,9,12,14H2,(H,23,25)(H,24,26). The molecule has 2 amide bonds. The van der Waals surface area contributed by atoms with Crippen LogP contribution in [0.1, 0.15) is 28.3 Å². The van der Waals surface area contributed by atoms with Crippen molar-refractivity contribution in [3.05, 3.63) is 88.3 Å². The maximum atomic E-state index is 12.1. The van der Waals surface area contributed by atoms with Gasteiger partial charge in [-0.1, -0.05) is 46.3 Å². The van der Waals surface area contributed by atoms with Crippen LogP contribution in [0, 0.1) is 0 Å². The van der Waals surface area contributed by atoms with Gasteiger partial charge in [0.25, 0.3) is 0 Å². The molecule has 1 aromatic heterocycles. The highest BCUT2D eigenvalue weighted by molar-refractivity contribution is 9.10. The third kappa shape index (κ3) is 5.99. The van der Waals surface area contributed by atoms with Gasteiger partial charge in [-0.25, -0.2) is 0 Å². The molecule has 0 bridgehead atoms. The lowest BCUT2D eigenvalue weighted by Crippen LogP contribution is -2.41. The molecule has 0 fully saturated rings. The molecule has 7 heteroatoms. The lowest BCUT2D eigenvalue weighted by molar-refractivity contribution is -0.121. The number of rotatable bonds is 7. The van der Waals surface area contributed by atoms with Gasteiger partial charge in [0.1, 0.15) is 18.1 Å². The molecule has 0 unspecified atom stereocenters. The van der Waals surface area contributed by atoms with Crippen molar-refractivity contribution < 1.29 is 18.7 Å². The van der Waals surface area contributed by atoms with E-state index in [0.717, 1.165) is 10.0 Å². The number of hydrogen-bond acceptors (Lipinski definition) is 4. The van der Waals surface area contributed by atoms with Crippen LogP contribution in [0.4, 0.5) is 0 Å². The number of aryl methyl sites for hydroxylation is 1. The Kier molecular flexibility index (Phi) is 6.86. The smallest absolute Gasteiger partial charge is 0.305 e. The Balaban J connectivity index is 1.42. The number of ether oxygens (including phenoxy) is 1. The monoisotopic (exact) mass is 442 g/mol. The number of hydrogen-bond donors (Lipinski definition) is 2. The third-order valence-electron chi connectivity index (χ3n) is 3.85. The maximum Gasteiger partial charge on any atom is 0.305 e. The van der Waals surface area contributed by atoms with Gasteiger partial charge in [-0.3, -0.25) is 20.4 Å². The van der Waals surface area contributed by atoms with Crippen molar-refractivity contribution >= 4 is 27.7 Å². The van der Waals surface area contributed by atoms with Crippen LogP contribution < -0.4 is 15.6 Å². The molecule has 6 nitrogen and oxygen atoms in total. The number of furan rings is 1. The van der Waals surface area contributed by atoms with Gasteiger partial charge in [0.05, 0.1) is 0 Å². The number of carbonyl (C=O) groups excluding carboxylic acids is 2. The molecular weight excluding hydrogens is 424 g/mol. The van der Waals surface area contributed by atoms with Gasteiger partial charge in [0.15, 0.2) is 5.76 Å². The highest BCUT2D eigenvalue weighted by atomic mass is 79.9. The SMILES string of the molecule is O=C(CCc1cccc(Br)c1)NNC(=O)c1ccc(COc2ccccc2)o1. The zero-order valence-electron chi connectivity index (χ0n) is 15.0. The molecule has 0 atom stereocenters. The van der Waals surface area contributed by atoms with Crippen molar-refractivity contribution in [1.29, 1.82) is 0 Å². The number of benzene rings is 2. The Morgan fingerprint density at radius 2 is 1.79 bits per heavy atom. The molecule has 0 aliphatic carbocycles. The molecule has 2 aromatic carbocycles. The largest absolute Gasteiger partial charge is 0.486 e. The molecule has 0 saturated heterocycles. The highest BCUT2D eigenvalue weighted by Crippen LogP contribution is 2.14. The van der Waals surface area contributed by atoms with E-state index in [2.05, 4.69) is 26.8 Å². The van der Waals surface area contributed by atoms with Gasteiger partial charge >= 0.3 is 5.91 Å². The normalized spacial score (nSPS) is 10.3. The van der Waals surface area contributed by atoms with E-state index in [9.17, 15) is 9.59 Å². The first kappa shape index (κ1) is 19.7. The minimum Gasteiger partial charge on any atom is -0.486 e. The summed E-state index contributed by atoms with van der Waals surface area (Å²) in [4.78, 5) is 24.0. The maximum absolute atomic E-state index is 12.1. The van der Waals surface area contributed by atoms with Gasteiger partial charge in [-0.2, -0.15) is 0 Å². The molecule has 3 aromatic rings. The second-order valence-electron chi connectivity index (χ2n) is 6.00. The molecule has 0 aliphatic heterocycles. The fourth-order valence-electron chi connectivity index (χ4n) is 2.45. The minimum atomic E-state index is -0.526. The number of nitrogens with one attached hydrogen (secondary N) is 2. The Hall–Kier alpha value is -3.06. The number of halogens is 1. The Bertz CT molecular complexity index is 940. The fraction of sp³-hybridized carbons (Fsp3) is 0.143. The second-order valence-corrected chi connectivity index (χ2v) is 6.92. The summed E-state index contributed by atoms with van der Waals surface area (Å²) < 4.78 is 12.0. The lowest BCUT2D eigenvalue weighted by Gasteiger charge is -2.06. The van der Waals surface area contributed by atoms with Gasteiger partial charge in [-0.05, 0) is 48.4 Å². The van der Waals surface area contributed by atoms with Crippen molar-refractivity contribution in [1.82, 2.24) is 10.9 Å². The van der Waals surface area contributed by atoms with Crippen LogP contribution >= 0.6 is 15.9 Å². The number of para-hydroxylation sites is 1. The van der Waals surface area contributed by atoms with Crippen LogP contribution in [0.2, 0.25) is 0 Å². The summed E-state index contributed by atoms with van der Waals surface area (Å²) in [5.41, 5.74) is 5.77. The van der Waals surface area contributed by atoms with Crippen molar-refractivity contribution in [2.45, 2.75) is 19.4 Å². The topological polar surface area (TPSA) is 80.6 Å². The Morgan fingerprint density at radius 1 is 0.964 bits per heavy atom. The molecule has 0 radical (unpaired) electrons. The summed E-state index contributed by atoms with van der Waals surface area (Å²) >= 11 is 3.39. The van der Waals surface area contributed by atoms with Crippen molar-refractivity contribution in [2.75, 3.05) is 0 Å². The molecule has 3 rings (SSSR count). The van der Waals surface area contributed by atoms with E-state index in [4.69, 9.17) is 9.15 Å². The van der Waals surface area contributed by atoms with Crippen LogP contribution in [-0.4, -0.2) is 11.8 Å². The fourth-order valence-corrected chi connectivity index (χ4v) is 2.90. The second kappa shape index (κ2) is 9.75. The molecule has 2 N–H and O–H groups in total. The zero-order chi connectivity index (χ0) is 19.8. The van der Waals surface area contributed by atoms with Crippen LogP contribution in [0.3, 0.4) is 0 Å². The summed E-state index contributed by atoms with van der Waals surface area (Å²) in [6, 6.07) is 20.2. The van der Waals surface area contributed by atoms with Crippen LogP contribution in [0.5, 0.6) is 5.75 Å². The number of amides is 2. The average molecular weight is 443 g/mol. The van der Waals surface area contributed by atoms with E-state index < -0.39 is 5.91 Å². The van der Waals surface area contributed by atoms with Crippen molar-refractivity contribution in [3.8, 4) is 5.75 Å². The summed E-state index contributed by atoms with van der Waals surface area (Å²) in [5, 5.41) is 0. The van der Waals surface area contributed by atoms with E-state index in [1.165, 1.54) is 6.07 Å². The highest BCUT2D eigenvalue weighted by Gasteiger charge is 2.12. The van der Waals surface area contributed by atoms with Crippen molar-refractivity contribution in [3.63, 3.8) is 0 Å². The Morgan fingerprint density at radius 3 is 2.57 bits per heavy atom. The van der Waals surface area contributed by atoms with E-state index in [1.807, 2.05) is 54.6 Å². The summed E-state index contributed by atoms with van der Waals surface area (Å²) in [7, 11) is 0. The van der Waals surface area contributed by atoms with E-state index in [-0.39, 0.29) is 24.7 Å². The number of hydrazine groups is 1. The summed E-state index contributed by atoms with van der Waals surface area (Å²) in [5.74, 6) is 0.505. The van der Waals surface area contributed by atoms with Crippen LogP contribution in [0.25, 0.3) is 0 Å². The molecule has 0 aliphatic rings. The van der Waals surface area contributed by atoms with Gasteiger partial charge in [0.2, 0.25) is 5.91 Å². The van der Waals surface area contributed by atoms with Crippen LogP contribution in [0.15, 0.2) is 75.6 Å². The first-order valence-electron chi connectivity index (χ1n) is 8.70. The zero-order valence-corrected chi connectivity index (χ0v) is 16.6. The Labute approximate surface area is 171 Å². The molecule has 0 saturated carbocycles. The van der Waals surface area contributed by atoms with Crippen molar-refractivity contribution in [2.24, 2.45) is 0 Å². The minimum absolute atomic E-state index is 0.0963. The molecule has 1 heterocycles. The van der Waals surface area contributed by atoms with Gasteiger partial charge in [0, 0.05) is 10.9 Å². The summed E-state index contributed by atoms with van der Waals surface area (Å²) in [6.07, 6.45) is 0.827.